The number of nitrogens with zero attached hydrogens (tertiary/aromatic N) is 5. The first-order valence-electron chi connectivity index (χ1n) is 24.8. The summed E-state index contributed by atoms with van der Waals surface area (Å²) in [6.45, 7) is 0. The molecule has 0 aliphatic rings. The van der Waals surface area contributed by atoms with E-state index in [1.807, 2.05) is 0 Å². The molecule has 6 nitrogen and oxygen atoms in total. The molecule has 0 unspecified atom stereocenters. The average Bonchev–Trinajstić information content (AvgIpc) is 4.12. The fourth-order valence-corrected chi connectivity index (χ4v) is 11.8. The molecule has 338 valence electrons. The number of fused-ring (bicyclic) bond motifs is 15. The molecular formula is C67H39N5O. The second kappa shape index (κ2) is 15.3. The topological polar surface area (TPSA) is 61.7 Å². The largest absolute Gasteiger partial charge is 0.454 e. The monoisotopic (exact) mass is 929 g/mol. The van der Waals surface area contributed by atoms with Crippen molar-refractivity contribution < 1.29 is 4.42 Å². The first-order valence-corrected chi connectivity index (χ1v) is 24.8. The molecule has 0 radical (unpaired) electrons. The summed E-state index contributed by atoms with van der Waals surface area (Å²) in [5, 5.41) is 16.1. The van der Waals surface area contributed by atoms with Gasteiger partial charge in [0.1, 0.15) is 5.58 Å². The van der Waals surface area contributed by atoms with E-state index < -0.39 is 0 Å². The molecule has 0 saturated heterocycles. The zero-order valence-electron chi connectivity index (χ0n) is 39.2. The van der Waals surface area contributed by atoms with Gasteiger partial charge < -0.3 is 13.6 Å². The summed E-state index contributed by atoms with van der Waals surface area (Å²) in [4.78, 5) is 16.1. The molecule has 4 aromatic heterocycles. The van der Waals surface area contributed by atoms with Crippen LogP contribution in [0.25, 0.3) is 154 Å². The minimum atomic E-state index is 0.592. The predicted octanol–water partition coefficient (Wildman–Crippen LogP) is 17.6. The van der Waals surface area contributed by atoms with Crippen molar-refractivity contribution in [3.05, 3.63) is 237 Å². The summed E-state index contributed by atoms with van der Waals surface area (Å²) in [6.07, 6.45) is 0. The Morgan fingerprint density at radius 3 is 1.73 bits per heavy atom. The minimum Gasteiger partial charge on any atom is -0.454 e. The van der Waals surface area contributed by atoms with E-state index in [4.69, 9.17) is 19.4 Å². The summed E-state index contributed by atoms with van der Waals surface area (Å²) in [5.74, 6) is 1.81. The van der Waals surface area contributed by atoms with E-state index in [1.54, 1.807) is 0 Å². The first-order chi connectivity index (χ1) is 36.2. The zero-order chi connectivity index (χ0) is 47.7. The van der Waals surface area contributed by atoms with E-state index in [0.29, 0.717) is 17.5 Å². The molecular weight excluding hydrogens is 891 g/mol. The van der Waals surface area contributed by atoms with Gasteiger partial charge in [0.15, 0.2) is 23.1 Å². The van der Waals surface area contributed by atoms with Crippen LogP contribution in [-0.2, 0) is 0 Å². The molecule has 0 N–H and O–H groups in total. The summed E-state index contributed by atoms with van der Waals surface area (Å²) in [6, 6.07) is 84.4. The van der Waals surface area contributed by atoms with Gasteiger partial charge in [-0.2, -0.15) is 0 Å². The lowest BCUT2D eigenvalue weighted by atomic mass is 10.0. The highest BCUT2D eigenvalue weighted by molar-refractivity contribution is 6.25. The summed E-state index contributed by atoms with van der Waals surface area (Å²) in [5.41, 5.74) is 11.0. The Morgan fingerprint density at radius 1 is 0.301 bits per heavy atom. The number of rotatable bonds is 5. The Bertz CT molecular complexity index is 4980. The maximum absolute atomic E-state index is 7.07. The van der Waals surface area contributed by atoms with Gasteiger partial charge >= 0.3 is 0 Å². The van der Waals surface area contributed by atoms with E-state index >= 15 is 0 Å². The van der Waals surface area contributed by atoms with E-state index in [-0.39, 0.29) is 0 Å². The van der Waals surface area contributed by atoms with Gasteiger partial charge in [0.05, 0.1) is 27.8 Å². The minimum absolute atomic E-state index is 0.592. The lowest BCUT2D eigenvalue weighted by Gasteiger charge is -2.11. The van der Waals surface area contributed by atoms with Crippen molar-refractivity contribution in [1.82, 2.24) is 24.1 Å². The van der Waals surface area contributed by atoms with Crippen LogP contribution >= 0.6 is 0 Å². The number of hydrogen-bond acceptors (Lipinski definition) is 4. The highest BCUT2D eigenvalue weighted by Crippen LogP contribution is 2.44. The molecule has 0 bridgehead atoms. The van der Waals surface area contributed by atoms with Crippen molar-refractivity contribution in [2.75, 3.05) is 0 Å². The lowest BCUT2D eigenvalue weighted by molar-refractivity contribution is 0.666. The van der Waals surface area contributed by atoms with E-state index in [0.717, 1.165) is 104 Å². The van der Waals surface area contributed by atoms with E-state index in [1.165, 1.54) is 32.3 Å². The van der Waals surface area contributed by atoms with Crippen LogP contribution in [0.5, 0.6) is 0 Å². The van der Waals surface area contributed by atoms with Gasteiger partial charge in [-0.3, -0.25) is 0 Å². The van der Waals surface area contributed by atoms with Crippen LogP contribution in [0.3, 0.4) is 0 Å². The Hall–Kier alpha value is -9.91. The zero-order valence-corrected chi connectivity index (χ0v) is 39.2. The van der Waals surface area contributed by atoms with Crippen LogP contribution in [-0.4, -0.2) is 24.1 Å². The molecule has 0 saturated carbocycles. The Morgan fingerprint density at radius 2 is 0.890 bits per heavy atom. The van der Waals surface area contributed by atoms with Crippen LogP contribution in [0.2, 0.25) is 0 Å². The van der Waals surface area contributed by atoms with Crippen LogP contribution in [0.4, 0.5) is 0 Å². The van der Waals surface area contributed by atoms with Crippen molar-refractivity contribution in [2.24, 2.45) is 0 Å². The number of para-hydroxylation sites is 3. The number of aromatic nitrogens is 5. The predicted molar refractivity (Wildman–Crippen MR) is 302 cm³/mol. The van der Waals surface area contributed by atoms with E-state index in [9.17, 15) is 0 Å². The molecule has 0 spiro atoms. The lowest BCUT2D eigenvalue weighted by Crippen LogP contribution is -2.01. The summed E-state index contributed by atoms with van der Waals surface area (Å²) >= 11 is 0. The number of furan rings is 1. The molecule has 0 aliphatic heterocycles. The van der Waals surface area contributed by atoms with Gasteiger partial charge in [0.2, 0.25) is 0 Å². The Kier molecular flexibility index (Phi) is 8.36. The maximum Gasteiger partial charge on any atom is 0.164 e. The maximum atomic E-state index is 7.07. The first kappa shape index (κ1) is 39.9. The third-order valence-electron chi connectivity index (χ3n) is 15.1. The third kappa shape index (κ3) is 5.95. The normalized spacial score (nSPS) is 12.1. The molecule has 0 amide bonds. The van der Waals surface area contributed by atoms with Gasteiger partial charge in [-0.15, -0.1) is 0 Å². The quantitative estimate of drug-likeness (QED) is 0.173. The highest BCUT2D eigenvalue weighted by Gasteiger charge is 2.23. The van der Waals surface area contributed by atoms with Gasteiger partial charge in [-0.1, -0.05) is 170 Å². The van der Waals surface area contributed by atoms with Crippen molar-refractivity contribution in [2.45, 2.75) is 0 Å². The van der Waals surface area contributed by atoms with Crippen LogP contribution in [0, 0.1) is 0 Å². The molecule has 4 heterocycles. The molecule has 0 fully saturated rings. The van der Waals surface area contributed by atoms with Crippen LogP contribution in [0.1, 0.15) is 0 Å². The molecule has 0 atom stereocenters. The molecule has 12 aromatic carbocycles. The van der Waals surface area contributed by atoms with Crippen molar-refractivity contribution in [3.8, 4) is 45.5 Å². The molecule has 16 rings (SSSR count). The SMILES string of the molecule is c1ccc(-n2c3ccccc3c3c(-c4nc(-c5ccc6ccccc6c5)nc(-c5ccc6ccc7oc8c(-n9c%10cc%11ccccc%11cc%10c%10c%11ccccc%11ccc%109)cccc8c7c6c5)n4)cccc32)cc1. The second-order valence-corrected chi connectivity index (χ2v) is 19.1. The van der Waals surface area contributed by atoms with Crippen molar-refractivity contribution in [3.63, 3.8) is 0 Å². The summed E-state index contributed by atoms with van der Waals surface area (Å²) < 4.78 is 11.8. The third-order valence-corrected chi connectivity index (χ3v) is 15.1. The standard InChI is InChI=1S/C67H39N5O/c1-2-19-48(20-3-1)71-55-25-11-10-22-50(55)62-52(24-13-26-56(62)71)67-69-65(46-30-28-40-14-4-5-16-43(40)36-46)68-66(70-67)47-31-29-42-33-35-60-63(53(42)38-47)51-23-12-27-58(64(51)73-60)72-57-34-32-41-15-8-9-21-49(41)61(57)54-37-44-17-6-7-18-45(44)39-59(54)72/h1-39H. The molecule has 0 aliphatic carbocycles. The average molecular weight is 930 g/mol. The van der Waals surface area contributed by atoms with E-state index in [2.05, 4.69) is 246 Å². The van der Waals surface area contributed by atoms with Crippen molar-refractivity contribution in [1.29, 1.82) is 0 Å². The van der Waals surface area contributed by atoms with Crippen molar-refractivity contribution >= 4 is 109 Å². The number of benzene rings is 12. The molecule has 16 aromatic rings. The Balaban J connectivity index is 0.929. The van der Waals surface area contributed by atoms with Gasteiger partial charge in [-0.25, -0.2) is 15.0 Å². The summed E-state index contributed by atoms with van der Waals surface area (Å²) in [7, 11) is 0. The number of hydrogen-bond donors (Lipinski definition) is 0. The fraction of sp³-hybridized carbons (Fsp3) is 0. The molecule has 6 heteroatoms. The van der Waals surface area contributed by atoms with Crippen LogP contribution in [0.15, 0.2) is 241 Å². The Labute approximate surface area is 417 Å². The highest BCUT2D eigenvalue weighted by atomic mass is 16.3. The van der Waals surface area contributed by atoms with Crippen LogP contribution < -0.4 is 0 Å². The van der Waals surface area contributed by atoms with Gasteiger partial charge in [0.25, 0.3) is 0 Å². The second-order valence-electron chi connectivity index (χ2n) is 19.1. The smallest absolute Gasteiger partial charge is 0.164 e. The van der Waals surface area contributed by atoms with Gasteiger partial charge in [0, 0.05) is 54.7 Å². The fourth-order valence-electron chi connectivity index (χ4n) is 11.8. The van der Waals surface area contributed by atoms with Gasteiger partial charge in [-0.05, 0) is 110 Å². The molecule has 73 heavy (non-hydrogen) atoms.